The van der Waals surface area contributed by atoms with Crippen LogP contribution in [0.4, 0.5) is 5.69 Å². The van der Waals surface area contributed by atoms with E-state index < -0.39 is 4.92 Å². The zero-order valence-electron chi connectivity index (χ0n) is 17.5. The van der Waals surface area contributed by atoms with E-state index >= 15 is 0 Å². The van der Waals surface area contributed by atoms with Crippen LogP contribution in [0.1, 0.15) is 11.1 Å². The summed E-state index contributed by atoms with van der Waals surface area (Å²) in [6, 6.07) is 19.6. The molecule has 0 spiro atoms. The minimum absolute atomic E-state index is 0.0316. The molecule has 1 aromatic heterocycles. The van der Waals surface area contributed by atoms with E-state index in [-0.39, 0.29) is 22.4 Å². The molecule has 8 nitrogen and oxygen atoms in total. The number of halogens is 2. The summed E-state index contributed by atoms with van der Waals surface area (Å²) in [5.74, 6) is -0.253. The number of hydrazone groups is 1. The van der Waals surface area contributed by atoms with Gasteiger partial charge in [-0.3, -0.25) is 14.9 Å². The number of fused-ring (bicyclic) bond motifs is 1. The van der Waals surface area contributed by atoms with Crippen molar-refractivity contribution in [3.05, 3.63) is 98.0 Å². The van der Waals surface area contributed by atoms with Gasteiger partial charge in [-0.1, -0.05) is 65.3 Å². The lowest BCUT2D eigenvalue weighted by molar-refractivity contribution is -0.384. The molecule has 3 aromatic carbocycles. The highest BCUT2D eigenvalue weighted by molar-refractivity contribution is 7.99. The number of thioether (sulfide) groups is 1. The van der Waals surface area contributed by atoms with Gasteiger partial charge in [0, 0.05) is 16.7 Å². The van der Waals surface area contributed by atoms with Crippen LogP contribution in [0.15, 0.2) is 77.0 Å². The summed E-state index contributed by atoms with van der Waals surface area (Å²) in [7, 11) is 0. The van der Waals surface area contributed by atoms with Gasteiger partial charge in [0.1, 0.15) is 5.02 Å². The molecule has 0 aliphatic heterocycles. The first kappa shape index (κ1) is 23.7. The first-order valence-electron chi connectivity index (χ1n) is 9.99. The SMILES string of the molecule is O=C(CSc1nc2ccccc2n1Cc1ccc(Cl)cc1)NN=Cc1ccc(Cl)c([N+](=O)[O-])c1. The summed E-state index contributed by atoms with van der Waals surface area (Å²) in [6.07, 6.45) is 1.32. The van der Waals surface area contributed by atoms with Gasteiger partial charge < -0.3 is 4.57 Å². The van der Waals surface area contributed by atoms with Crippen molar-refractivity contribution < 1.29 is 9.72 Å². The van der Waals surface area contributed by atoms with Crippen molar-refractivity contribution in [3.8, 4) is 0 Å². The average molecular weight is 514 g/mol. The fourth-order valence-corrected chi connectivity index (χ4v) is 4.30. The molecule has 1 amide bonds. The molecule has 1 heterocycles. The molecule has 0 atom stereocenters. The minimum atomic E-state index is -0.578. The number of nitrogens with zero attached hydrogens (tertiary/aromatic N) is 4. The van der Waals surface area contributed by atoms with Crippen LogP contribution in [-0.4, -0.2) is 32.3 Å². The van der Waals surface area contributed by atoms with E-state index in [1.165, 1.54) is 30.1 Å². The van der Waals surface area contributed by atoms with Crippen LogP contribution < -0.4 is 5.43 Å². The van der Waals surface area contributed by atoms with Crippen molar-refractivity contribution in [2.75, 3.05) is 5.75 Å². The van der Waals surface area contributed by atoms with E-state index in [0.717, 1.165) is 16.6 Å². The normalized spacial score (nSPS) is 11.2. The molecule has 0 radical (unpaired) electrons. The van der Waals surface area contributed by atoms with Crippen LogP contribution in [-0.2, 0) is 11.3 Å². The van der Waals surface area contributed by atoms with Gasteiger partial charge in [-0.05, 0) is 35.9 Å². The number of hydrogen-bond donors (Lipinski definition) is 1. The Morgan fingerprint density at radius 1 is 1.15 bits per heavy atom. The Bertz CT molecular complexity index is 1390. The number of rotatable bonds is 8. The Kier molecular flexibility index (Phi) is 7.46. The summed E-state index contributed by atoms with van der Waals surface area (Å²) in [4.78, 5) is 27.4. The lowest BCUT2D eigenvalue weighted by Crippen LogP contribution is -2.20. The molecule has 0 saturated heterocycles. The Balaban J connectivity index is 1.43. The Morgan fingerprint density at radius 2 is 1.91 bits per heavy atom. The van der Waals surface area contributed by atoms with Gasteiger partial charge >= 0.3 is 0 Å². The maximum absolute atomic E-state index is 12.3. The summed E-state index contributed by atoms with van der Waals surface area (Å²) in [6.45, 7) is 0.579. The van der Waals surface area contributed by atoms with Crippen molar-refractivity contribution in [3.63, 3.8) is 0 Å². The quantitative estimate of drug-likeness (QED) is 0.144. The number of nitro benzene ring substituents is 1. The third-order valence-corrected chi connectivity index (χ3v) is 6.32. The van der Waals surface area contributed by atoms with Crippen LogP contribution in [0.5, 0.6) is 0 Å². The molecule has 1 N–H and O–H groups in total. The van der Waals surface area contributed by atoms with Gasteiger partial charge in [0.15, 0.2) is 5.16 Å². The molecule has 4 rings (SSSR count). The van der Waals surface area contributed by atoms with Crippen molar-refractivity contribution in [1.82, 2.24) is 15.0 Å². The second kappa shape index (κ2) is 10.7. The Labute approximate surface area is 208 Å². The highest BCUT2D eigenvalue weighted by Crippen LogP contribution is 2.26. The standard InChI is InChI=1S/C23H17Cl2N5O3S/c24-17-8-5-15(6-9-17)13-29-20-4-2-1-3-19(20)27-23(29)34-14-22(31)28-26-12-16-7-10-18(25)21(11-16)30(32)33/h1-12H,13-14H2,(H,28,31). The topological polar surface area (TPSA) is 102 Å². The number of carbonyl (C=O) groups is 1. The lowest BCUT2D eigenvalue weighted by Gasteiger charge is -2.09. The number of para-hydroxylation sites is 2. The van der Waals surface area contributed by atoms with Crippen LogP contribution >= 0.6 is 35.0 Å². The van der Waals surface area contributed by atoms with E-state index in [1.807, 2.05) is 53.1 Å². The number of amides is 1. The molecule has 0 unspecified atom stereocenters. The molecule has 0 aliphatic rings. The van der Waals surface area contributed by atoms with Crippen molar-refractivity contribution in [2.24, 2.45) is 5.10 Å². The third-order valence-electron chi connectivity index (χ3n) is 4.78. The van der Waals surface area contributed by atoms with E-state index in [4.69, 9.17) is 23.2 Å². The molecular formula is C23H17Cl2N5O3S. The summed E-state index contributed by atoms with van der Waals surface area (Å²) >= 11 is 13.1. The van der Waals surface area contributed by atoms with Crippen LogP contribution in [0, 0.1) is 10.1 Å². The first-order chi connectivity index (χ1) is 16.4. The van der Waals surface area contributed by atoms with E-state index in [0.29, 0.717) is 22.3 Å². The monoisotopic (exact) mass is 513 g/mol. The fraction of sp³-hybridized carbons (Fsp3) is 0.0870. The Morgan fingerprint density at radius 3 is 2.68 bits per heavy atom. The van der Waals surface area contributed by atoms with Gasteiger partial charge in [-0.15, -0.1) is 0 Å². The molecule has 0 fully saturated rings. The highest BCUT2D eigenvalue weighted by atomic mass is 35.5. The molecule has 4 aromatic rings. The predicted molar refractivity (Wildman–Crippen MR) is 135 cm³/mol. The maximum Gasteiger partial charge on any atom is 0.288 e. The average Bonchev–Trinajstić information content (AvgIpc) is 3.17. The highest BCUT2D eigenvalue weighted by Gasteiger charge is 2.14. The molecule has 0 bridgehead atoms. The van der Waals surface area contributed by atoms with Crippen LogP contribution in [0.2, 0.25) is 10.0 Å². The number of benzene rings is 3. The summed E-state index contributed by atoms with van der Waals surface area (Å²) in [5, 5.41) is 16.3. The third kappa shape index (κ3) is 5.74. The zero-order valence-corrected chi connectivity index (χ0v) is 19.8. The first-order valence-corrected chi connectivity index (χ1v) is 11.7. The number of nitro groups is 1. The second-order valence-corrected chi connectivity index (χ2v) is 8.93. The van der Waals surface area contributed by atoms with Gasteiger partial charge in [0.05, 0.1) is 34.5 Å². The van der Waals surface area contributed by atoms with Crippen molar-refractivity contribution in [2.45, 2.75) is 11.7 Å². The van der Waals surface area contributed by atoms with Gasteiger partial charge in [-0.2, -0.15) is 5.10 Å². The van der Waals surface area contributed by atoms with Crippen LogP contribution in [0.25, 0.3) is 11.0 Å². The molecule has 172 valence electrons. The van der Waals surface area contributed by atoms with E-state index in [2.05, 4.69) is 15.5 Å². The summed E-state index contributed by atoms with van der Waals surface area (Å²) < 4.78 is 2.05. The van der Waals surface area contributed by atoms with Crippen LogP contribution in [0.3, 0.4) is 0 Å². The molecular weight excluding hydrogens is 497 g/mol. The molecule has 11 heteroatoms. The largest absolute Gasteiger partial charge is 0.314 e. The summed E-state index contributed by atoms with van der Waals surface area (Å²) in [5.41, 5.74) is 5.49. The second-order valence-electron chi connectivity index (χ2n) is 7.15. The van der Waals surface area contributed by atoms with Gasteiger partial charge in [0.25, 0.3) is 11.6 Å². The zero-order chi connectivity index (χ0) is 24.1. The fourth-order valence-electron chi connectivity index (χ4n) is 3.18. The van der Waals surface area contributed by atoms with E-state index in [1.54, 1.807) is 6.07 Å². The predicted octanol–water partition coefficient (Wildman–Crippen LogP) is 5.54. The number of nitrogens with one attached hydrogen (secondary N) is 1. The van der Waals surface area contributed by atoms with Gasteiger partial charge in [-0.25, -0.2) is 10.4 Å². The van der Waals surface area contributed by atoms with Crippen molar-refractivity contribution in [1.29, 1.82) is 0 Å². The molecule has 34 heavy (non-hydrogen) atoms. The molecule has 0 saturated carbocycles. The molecule has 0 aliphatic carbocycles. The number of imidazole rings is 1. The van der Waals surface area contributed by atoms with Crippen molar-refractivity contribution >= 4 is 63.8 Å². The number of carbonyl (C=O) groups excluding carboxylic acids is 1. The smallest absolute Gasteiger partial charge is 0.288 e. The van der Waals surface area contributed by atoms with E-state index in [9.17, 15) is 14.9 Å². The minimum Gasteiger partial charge on any atom is -0.314 e. The number of aromatic nitrogens is 2. The maximum atomic E-state index is 12.3. The Hall–Kier alpha value is -3.40. The lowest BCUT2D eigenvalue weighted by atomic mass is 10.2. The van der Waals surface area contributed by atoms with Gasteiger partial charge in [0.2, 0.25) is 0 Å². The number of hydrogen-bond acceptors (Lipinski definition) is 6.